The van der Waals surface area contributed by atoms with E-state index in [1.807, 2.05) is 0 Å². The molecule has 0 aliphatic carbocycles. The molecule has 3 aromatic rings. The Kier molecular flexibility index (Phi) is 7.24. The van der Waals surface area contributed by atoms with Gasteiger partial charge in [0, 0.05) is 18.5 Å². The first kappa shape index (κ1) is 26.5. The van der Waals surface area contributed by atoms with E-state index in [9.17, 15) is 39.6 Å². The molecule has 0 radical (unpaired) electrons. The van der Waals surface area contributed by atoms with Crippen molar-refractivity contribution in [1.29, 1.82) is 0 Å². The number of hydrogen-bond acceptors (Lipinski definition) is 5. The van der Waals surface area contributed by atoms with Crippen molar-refractivity contribution in [3.8, 4) is 11.3 Å². The zero-order valence-corrected chi connectivity index (χ0v) is 19.5. The van der Waals surface area contributed by atoms with Crippen LogP contribution in [0.5, 0.6) is 0 Å². The van der Waals surface area contributed by atoms with Crippen molar-refractivity contribution in [3.05, 3.63) is 77.8 Å². The van der Waals surface area contributed by atoms with Gasteiger partial charge in [0.05, 0.1) is 28.4 Å². The van der Waals surface area contributed by atoms with Crippen LogP contribution in [0.3, 0.4) is 0 Å². The van der Waals surface area contributed by atoms with Crippen molar-refractivity contribution >= 4 is 15.9 Å². The smallest absolute Gasteiger partial charge is 0.349 e. The molecule has 4 rings (SSSR count). The minimum Gasteiger partial charge on any atom is -0.349 e. The van der Waals surface area contributed by atoms with Crippen molar-refractivity contribution in [2.45, 2.75) is 36.3 Å². The largest absolute Gasteiger partial charge is 0.416 e. The Morgan fingerprint density at radius 1 is 1.05 bits per heavy atom. The first-order chi connectivity index (χ1) is 17.4. The van der Waals surface area contributed by atoms with Crippen LogP contribution >= 0.6 is 0 Å². The molecule has 1 amide bonds. The number of carbonyl (C=O) groups excluding carboxylic acids is 1. The molecule has 1 aliphatic heterocycles. The Bertz CT molecular complexity index is 1420. The van der Waals surface area contributed by atoms with Gasteiger partial charge in [-0.25, -0.2) is 31.6 Å². The highest BCUT2D eigenvalue weighted by atomic mass is 32.2. The number of nitrogens with zero attached hydrogens (tertiary/aromatic N) is 3. The molecule has 2 unspecified atom stereocenters. The normalized spacial score (nSPS) is 18.6. The van der Waals surface area contributed by atoms with Crippen LogP contribution in [0.25, 0.3) is 11.3 Å². The van der Waals surface area contributed by atoms with Crippen molar-refractivity contribution in [3.63, 3.8) is 0 Å². The van der Waals surface area contributed by atoms with E-state index in [0.717, 1.165) is 36.7 Å². The van der Waals surface area contributed by atoms with Crippen LogP contribution in [-0.2, 0) is 27.5 Å². The van der Waals surface area contributed by atoms with E-state index >= 15 is 0 Å². The third-order valence-corrected chi connectivity index (χ3v) is 7.56. The second kappa shape index (κ2) is 10.1. The molecule has 2 aromatic carbocycles. The molecule has 2 atom stereocenters. The number of sulfonamides is 1. The number of nitrogens with one attached hydrogen (secondary N) is 1. The summed E-state index contributed by atoms with van der Waals surface area (Å²) >= 11 is 0. The summed E-state index contributed by atoms with van der Waals surface area (Å²) in [5.74, 6) is -2.66. The number of amides is 1. The molecule has 196 valence electrons. The fourth-order valence-electron chi connectivity index (χ4n) is 3.84. The number of rotatable bonds is 6. The molecule has 1 aliphatic rings. The predicted molar refractivity (Wildman–Crippen MR) is 118 cm³/mol. The third kappa shape index (κ3) is 5.74. The summed E-state index contributed by atoms with van der Waals surface area (Å²) in [6, 6.07) is 5.68. The molecule has 1 saturated heterocycles. The van der Waals surface area contributed by atoms with Gasteiger partial charge in [0.25, 0.3) is 0 Å². The molecule has 0 saturated carbocycles. The Morgan fingerprint density at radius 2 is 1.76 bits per heavy atom. The minimum atomic E-state index is -4.72. The molecule has 7 nitrogen and oxygen atoms in total. The number of alkyl halides is 4. The molecule has 1 fully saturated rings. The van der Waals surface area contributed by atoms with Crippen LogP contribution in [0.1, 0.15) is 17.7 Å². The van der Waals surface area contributed by atoms with Crippen LogP contribution < -0.4 is 5.32 Å². The van der Waals surface area contributed by atoms with E-state index in [1.54, 1.807) is 0 Å². The van der Waals surface area contributed by atoms with E-state index in [1.165, 1.54) is 6.07 Å². The van der Waals surface area contributed by atoms with Crippen molar-refractivity contribution in [2.24, 2.45) is 0 Å². The Labute approximate surface area is 207 Å². The summed E-state index contributed by atoms with van der Waals surface area (Å²) < 4.78 is 107. The van der Waals surface area contributed by atoms with Gasteiger partial charge in [-0.05, 0) is 48.5 Å². The molecule has 2 heterocycles. The van der Waals surface area contributed by atoms with E-state index in [4.69, 9.17) is 0 Å². The Morgan fingerprint density at radius 3 is 2.41 bits per heavy atom. The van der Waals surface area contributed by atoms with Gasteiger partial charge >= 0.3 is 6.18 Å². The lowest BCUT2D eigenvalue weighted by Gasteiger charge is -2.23. The summed E-state index contributed by atoms with van der Waals surface area (Å²) in [6.07, 6.45) is -5.72. The summed E-state index contributed by atoms with van der Waals surface area (Å²) in [5.41, 5.74) is -1.30. The van der Waals surface area contributed by atoms with Gasteiger partial charge in [0.1, 0.15) is 30.2 Å². The van der Waals surface area contributed by atoms with E-state index in [2.05, 4.69) is 15.3 Å². The number of halogens is 6. The minimum absolute atomic E-state index is 0.0457. The number of hydrogen-bond donors (Lipinski definition) is 1. The number of carbonyl (C=O) groups is 1. The fraction of sp³-hybridized carbons (Fsp3) is 0.261. The summed E-state index contributed by atoms with van der Waals surface area (Å²) in [7, 11) is -4.31. The lowest BCUT2D eigenvalue weighted by Crippen LogP contribution is -2.45. The fourth-order valence-corrected chi connectivity index (χ4v) is 5.46. The lowest BCUT2D eigenvalue weighted by atomic mass is 10.1. The summed E-state index contributed by atoms with van der Waals surface area (Å²) in [5, 5.41) is 2.44. The zero-order chi connectivity index (χ0) is 27.0. The van der Waals surface area contributed by atoms with Crippen LogP contribution in [0.15, 0.2) is 59.8 Å². The van der Waals surface area contributed by atoms with E-state index in [0.29, 0.717) is 16.4 Å². The van der Waals surface area contributed by atoms with Crippen molar-refractivity contribution in [1.82, 2.24) is 19.6 Å². The molecule has 1 aromatic heterocycles. The summed E-state index contributed by atoms with van der Waals surface area (Å²) in [6.45, 7) is -0.850. The van der Waals surface area contributed by atoms with Crippen molar-refractivity contribution in [2.75, 3.05) is 6.54 Å². The molecule has 0 spiro atoms. The number of aromatic nitrogens is 2. The average Bonchev–Trinajstić information content (AvgIpc) is 3.25. The average molecular weight is 544 g/mol. The maximum Gasteiger partial charge on any atom is 0.416 e. The van der Waals surface area contributed by atoms with Gasteiger partial charge in [0.15, 0.2) is 0 Å². The van der Waals surface area contributed by atoms with Gasteiger partial charge < -0.3 is 5.32 Å². The van der Waals surface area contributed by atoms with Crippen LogP contribution in [0.2, 0.25) is 0 Å². The first-order valence-corrected chi connectivity index (χ1v) is 12.2. The zero-order valence-electron chi connectivity index (χ0n) is 18.7. The van der Waals surface area contributed by atoms with E-state index in [-0.39, 0.29) is 28.4 Å². The molecular formula is C23H18F6N4O3S. The Balaban J connectivity index is 1.49. The second-order valence-corrected chi connectivity index (χ2v) is 10.1. The van der Waals surface area contributed by atoms with Gasteiger partial charge in [0.2, 0.25) is 15.9 Å². The van der Waals surface area contributed by atoms with Gasteiger partial charge in [-0.1, -0.05) is 0 Å². The van der Waals surface area contributed by atoms with E-state index < -0.39 is 64.5 Å². The maximum atomic E-state index is 14.3. The number of benzene rings is 2. The molecule has 0 bridgehead atoms. The Hall–Kier alpha value is -3.52. The molecule has 37 heavy (non-hydrogen) atoms. The van der Waals surface area contributed by atoms with Gasteiger partial charge in [-0.3, -0.25) is 4.79 Å². The van der Waals surface area contributed by atoms with Gasteiger partial charge in [-0.15, -0.1) is 0 Å². The lowest BCUT2D eigenvalue weighted by molar-refractivity contribution is -0.137. The highest BCUT2D eigenvalue weighted by Crippen LogP contribution is 2.32. The quantitative estimate of drug-likeness (QED) is 0.476. The topological polar surface area (TPSA) is 92.3 Å². The maximum absolute atomic E-state index is 14.3. The summed E-state index contributed by atoms with van der Waals surface area (Å²) in [4.78, 5) is 20.3. The SMILES string of the molecule is O=C(NCc1cc(-c2ccc(C(F)(F)F)cc2F)ncn1)C1CC(F)CN1S(=O)(=O)c1ccc(F)cc1. The molecule has 1 N–H and O–H groups in total. The third-order valence-electron chi connectivity index (χ3n) is 5.67. The van der Waals surface area contributed by atoms with Crippen LogP contribution in [0.4, 0.5) is 26.3 Å². The molecular weight excluding hydrogens is 526 g/mol. The second-order valence-electron chi connectivity index (χ2n) is 8.18. The standard InChI is InChI=1S/C23H18F6N4O3S/c24-14-2-4-17(5-3-14)37(35,36)33-11-15(25)8-21(33)22(34)30-10-16-9-20(32-12-31-16)18-6-1-13(7-19(18)26)23(27,28)29/h1-7,9,12,15,21H,8,10-11H2,(H,30,34). The predicted octanol–water partition coefficient (Wildman–Crippen LogP) is 3.86. The first-order valence-electron chi connectivity index (χ1n) is 10.7. The highest BCUT2D eigenvalue weighted by molar-refractivity contribution is 7.89. The van der Waals surface area contributed by atoms with Crippen molar-refractivity contribution < 1.29 is 39.6 Å². The monoisotopic (exact) mass is 544 g/mol. The molecule has 14 heteroatoms. The highest BCUT2D eigenvalue weighted by Gasteiger charge is 2.44. The van der Waals surface area contributed by atoms with Crippen LogP contribution in [-0.4, -0.2) is 47.4 Å². The van der Waals surface area contributed by atoms with Crippen LogP contribution in [0, 0.1) is 11.6 Å². The van der Waals surface area contributed by atoms with Gasteiger partial charge in [-0.2, -0.15) is 17.5 Å².